The van der Waals surface area contributed by atoms with Crippen LogP contribution in [-0.4, -0.2) is 5.78 Å². The average Bonchev–Trinajstić information content (AvgIpc) is 2.22. The van der Waals surface area contributed by atoms with E-state index in [0.29, 0.717) is 11.7 Å². The number of Topliss-reactive ketones (excluding diaryl/α,β-unsaturated/α-hetero) is 1. The number of ketones is 1. The van der Waals surface area contributed by atoms with E-state index in [1.807, 2.05) is 18.2 Å². The van der Waals surface area contributed by atoms with Crippen LogP contribution in [0.3, 0.4) is 0 Å². The predicted octanol–water partition coefficient (Wildman–Crippen LogP) is 3.64. The van der Waals surface area contributed by atoms with E-state index in [0.717, 1.165) is 37.1 Å². The van der Waals surface area contributed by atoms with Gasteiger partial charge in [-0.15, -0.1) is 0 Å². The largest absolute Gasteiger partial charge is 0.300 e. The fourth-order valence-electron chi connectivity index (χ4n) is 2.20. The van der Waals surface area contributed by atoms with Crippen LogP contribution in [0.15, 0.2) is 24.3 Å². The van der Waals surface area contributed by atoms with Crippen molar-refractivity contribution in [1.82, 2.24) is 0 Å². The van der Waals surface area contributed by atoms with Crippen LogP contribution in [0.25, 0.3) is 0 Å². The molecule has 0 radical (unpaired) electrons. The third-order valence-corrected chi connectivity index (χ3v) is 3.31. The van der Waals surface area contributed by atoms with Crippen LogP contribution in [0.2, 0.25) is 5.02 Å². The number of hydrogen-bond acceptors (Lipinski definition) is 1. The number of carbonyl (C=O) groups excluding carboxylic acids is 1. The van der Waals surface area contributed by atoms with Gasteiger partial charge in [-0.25, -0.2) is 0 Å². The fourth-order valence-corrected chi connectivity index (χ4v) is 2.41. The van der Waals surface area contributed by atoms with Gasteiger partial charge in [0.2, 0.25) is 0 Å². The van der Waals surface area contributed by atoms with Crippen LogP contribution < -0.4 is 0 Å². The maximum atomic E-state index is 11.1. The molecular weight excluding hydrogens is 208 g/mol. The van der Waals surface area contributed by atoms with Crippen molar-refractivity contribution in [2.75, 3.05) is 0 Å². The molecule has 0 unspecified atom stereocenters. The Bertz CT molecular complexity index is 349. The van der Waals surface area contributed by atoms with E-state index < -0.39 is 0 Å². The molecule has 0 atom stereocenters. The molecule has 1 aliphatic carbocycles. The van der Waals surface area contributed by atoms with Crippen molar-refractivity contribution in [2.24, 2.45) is 5.92 Å². The molecule has 1 aromatic carbocycles. The Morgan fingerprint density at radius 2 is 2.00 bits per heavy atom. The number of hydrogen-bond donors (Lipinski definition) is 0. The summed E-state index contributed by atoms with van der Waals surface area (Å²) in [6, 6.07) is 8.03. The number of carbonyl (C=O) groups is 1. The zero-order chi connectivity index (χ0) is 10.7. The standard InChI is InChI=1S/C13H15ClO/c14-12-3-1-2-11(9-12)8-10-4-6-13(15)7-5-10/h1-3,9-10H,4-8H2. The summed E-state index contributed by atoms with van der Waals surface area (Å²) in [6.45, 7) is 0. The fraction of sp³-hybridized carbons (Fsp3) is 0.462. The zero-order valence-electron chi connectivity index (χ0n) is 8.71. The lowest BCUT2D eigenvalue weighted by Gasteiger charge is -2.20. The Labute approximate surface area is 95.4 Å². The van der Waals surface area contributed by atoms with Crippen LogP contribution in [0.4, 0.5) is 0 Å². The highest BCUT2D eigenvalue weighted by molar-refractivity contribution is 6.30. The maximum Gasteiger partial charge on any atom is 0.132 e. The lowest BCUT2D eigenvalue weighted by atomic mass is 9.84. The molecule has 0 bridgehead atoms. The smallest absolute Gasteiger partial charge is 0.132 e. The molecule has 0 heterocycles. The van der Waals surface area contributed by atoms with E-state index in [1.54, 1.807) is 0 Å². The highest BCUT2D eigenvalue weighted by atomic mass is 35.5. The molecule has 1 fully saturated rings. The van der Waals surface area contributed by atoms with E-state index in [1.165, 1.54) is 5.56 Å². The molecule has 2 heteroatoms. The molecule has 0 saturated heterocycles. The van der Waals surface area contributed by atoms with Crippen LogP contribution in [0, 0.1) is 5.92 Å². The number of rotatable bonds is 2. The van der Waals surface area contributed by atoms with Gasteiger partial charge in [0, 0.05) is 17.9 Å². The first kappa shape index (κ1) is 10.7. The second kappa shape index (κ2) is 4.80. The van der Waals surface area contributed by atoms with Crippen LogP contribution in [-0.2, 0) is 11.2 Å². The average molecular weight is 223 g/mol. The van der Waals surface area contributed by atoms with Gasteiger partial charge in [-0.1, -0.05) is 23.7 Å². The van der Waals surface area contributed by atoms with Gasteiger partial charge in [0.1, 0.15) is 5.78 Å². The minimum atomic E-state index is 0.428. The van der Waals surface area contributed by atoms with E-state index in [4.69, 9.17) is 11.6 Å². The van der Waals surface area contributed by atoms with Crippen LogP contribution in [0.1, 0.15) is 31.2 Å². The van der Waals surface area contributed by atoms with Gasteiger partial charge >= 0.3 is 0 Å². The Balaban J connectivity index is 1.94. The zero-order valence-corrected chi connectivity index (χ0v) is 9.46. The van der Waals surface area contributed by atoms with Crippen molar-refractivity contribution in [3.05, 3.63) is 34.9 Å². The van der Waals surface area contributed by atoms with Gasteiger partial charge in [0.25, 0.3) is 0 Å². The summed E-state index contributed by atoms with van der Waals surface area (Å²) in [4.78, 5) is 11.1. The molecular formula is C13H15ClO. The third-order valence-electron chi connectivity index (χ3n) is 3.08. The minimum absolute atomic E-state index is 0.428. The molecule has 1 nitrogen and oxygen atoms in total. The lowest BCUT2D eigenvalue weighted by molar-refractivity contribution is -0.120. The number of halogens is 1. The second-order valence-corrected chi connectivity index (χ2v) is 4.75. The van der Waals surface area contributed by atoms with E-state index in [-0.39, 0.29) is 0 Å². The molecule has 1 aliphatic rings. The molecule has 0 spiro atoms. The second-order valence-electron chi connectivity index (χ2n) is 4.32. The third kappa shape index (κ3) is 3.07. The molecule has 0 aliphatic heterocycles. The summed E-state index contributed by atoms with van der Waals surface area (Å²) in [6.07, 6.45) is 4.70. The van der Waals surface area contributed by atoms with Crippen molar-refractivity contribution < 1.29 is 4.79 Å². The Morgan fingerprint density at radius 1 is 1.27 bits per heavy atom. The molecule has 1 aromatic rings. The van der Waals surface area contributed by atoms with E-state index >= 15 is 0 Å². The van der Waals surface area contributed by atoms with E-state index in [9.17, 15) is 4.79 Å². The van der Waals surface area contributed by atoms with Gasteiger partial charge in [0.15, 0.2) is 0 Å². The first-order valence-electron chi connectivity index (χ1n) is 5.50. The maximum absolute atomic E-state index is 11.1. The molecule has 0 N–H and O–H groups in total. The Kier molecular flexibility index (Phi) is 3.42. The summed E-state index contributed by atoms with van der Waals surface area (Å²) in [5.74, 6) is 1.10. The molecule has 0 amide bonds. The lowest BCUT2D eigenvalue weighted by Crippen LogP contribution is -2.15. The van der Waals surface area contributed by atoms with Crippen molar-refractivity contribution in [2.45, 2.75) is 32.1 Å². The van der Waals surface area contributed by atoms with Crippen molar-refractivity contribution in [3.8, 4) is 0 Å². The van der Waals surface area contributed by atoms with Crippen LogP contribution in [0.5, 0.6) is 0 Å². The minimum Gasteiger partial charge on any atom is -0.300 e. The Morgan fingerprint density at radius 3 is 2.67 bits per heavy atom. The number of benzene rings is 1. The predicted molar refractivity (Wildman–Crippen MR) is 62.1 cm³/mol. The van der Waals surface area contributed by atoms with Gasteiger partial charge in [-0.3, -0.25) is 4.79 Å². The molecule has 0 aromatic heterocycles. The molecule has 1 saturated carbocycles. The quantitative estimate of drug-likeness (QED) is 0.747. The van der Waals surface area contributed by atoms with Gasteiger partial charge in [-0.2, -0.15) is 0 Å². The summed E-state index contributed by atoms with van der Waals surface area (Å²) < 4.78 is 0. The van der Waals surface area contributed by atoms with Gasteiger partial charge in [-0.05, 0) is 42.9 Å². The summed E-state index contributed by atoms with van der Waals surface area (Å²) in [5.41, 5.74) is 1.29. The Hall–Kier alpha value is -0.820. The summed E-state index contributed by atoms with van der Waals surface area (Å²) in [5, 5.41) is 0.805. The normalized spacial score (nSPS) is 18.1. The molecule has 2 rings (SSSR count). The monoisotopic (exact) mass is 222 g/mol. The molecule has 15 heavy (non-hydrogen) atoms. The first-order valence-corrected chi connectivity index (χ1v) is 5.88. The first-order chi connectivity index (χ1) is 7.24. The van der Waals surface area contributed by atoms with Crippen molar-refractivity contribution in [1.29, 1.82) is 0 Å². The van der Waals surface area contributed by atoms with Gasteiger partial charge < -0.3 is 0 Å². The molecule has 80 valence electrons. The van der Waals surface area contributed by atoms with E-state index in [2.05, 4.69) is 6.07 Å². The van der Waals surface area contributed by atoms with Crippen molar-refractivity contribution in [3.63, 3.8) is 0 Å². The van der Waals surface area contributed by atoms with Crippen molar-refractivity contribution >= 4 is 17.4 Å². The van der Waals surface area contributed by atoms with Crippen LogP contribution >= 0.6 is 11.6 Å². The highest BCUT2D eigenvalue weighted by Crippen LogP contribution is 2.25. The summed E-state index contributed by atoms with van der Waals surface area (Å²) >= 11 is 5.93. The highest BCUT2D eigenvalue weighted by Gasteiger charge is 2.18. The summed E-state index contributed by atoms with van der Waals surface area (Å²) in [7, 11) is 0. The topological polar surface area (TPSA) is 17.1 Å². The SMILES string of the molecule is O=C1CCC(Cc2cccc(Cl)c2)CC1. The van der Waals surface area contributed by atoms with Gasteiger partial charge in [0.05, 0.1) is 0 Å².